The number of amides is 1. The molecule has 2 aromatic heterocycles. The number of carbonyl (C=O) groups is 1. The van der Waals surface area contributed by atoms with E-state index in [2.05, 4.69) is 10.3 Å². The largest absolute Gasteiger partial charge is 0.497 e. The number of rotatable bonds is 8. The highest BCUT2D eigenvalue weighted by molar-refractivity contribution is 7.99. The second-order valence-electron chi connectivity index (χ2n) is 6.63. The van der Waals surface area contributed by atoms with Crippen molar-refractivity contribution in [3.8, 4) is 17.2 Å². The van der Waals surface area contributed by atoms with Crippen molar-refractivity contribution in [3.63, 3.8) is 0 Å². The van der Waals surface area contributed by atoms with Crippen LogP contribution in [0.15, 0.2) is 69.9 Å². The number of aromatic nitrogens is 2. The summed E-state index contributed by atoms with van der Waals surface area (Å²) in [5, 5.41) is 5.15. The Balaban J connectivity index is 1.61. The number of nitrogens with zero attached hydrogens (tertiary/aromatic N) is 2. The molecule has 0 spiro atoms. The molecule has 32 heavy (non-hydrogen) atoms. The van der Waals surface area contributed by atoms with Gasteiger partial charge in [0.05, 0.1) is 36.4 Å². The Labute approximate surface area is 193 Å². The zero-order chi connectivity index (χ0) is 22.5. The van der Waals surface area contributed by atoms with Gasteiger partial charge in [0.25, 0.3) is 5.56 Å². The monoisotopic (exact) mass is 467 g/mol. The molecule has 0 saturated carbocycles. The van der Waals surface area contributed by atoms with Crippen LogP contribution < -0.4 is 20.3 Å². The van der Waals surface area contributed by atoms with Crippen LogP contribution in [0.4, 0.5) is 5.69 Å². The van der Waals surface area contributed by atoms with Gasteiger partial charge < -0.3 is 14.8 Å². The molecule has 1 N–H and O–H groups in total. The lowest BCUT2D eigenvalue weighted by Gasteiger charge is -2.13. The number of methoxy groups -OCH3 is 1. The number of benzene rings is 2. The summed E-state index contributed by atoms with van der Waals surface area (Å²) >= 11 is 2.55. The highest BCUT2D eigenvalue weighted by Crippen LogP contribution is 2.26. The van der Waals surface area contributed by atoms with E-state index >= 15 is 0 Å². The summed E-state index contributed by atoms with van der Waals surface area (Å²) in [6, 6.07) is 16.2. The maximum atomic E-state index is 13.2. The van der Waals surface area contributed by atoms with Gasteiger partial charge in [-0.2, -0.15) is 0 Å². The van der Waals surface area contributed by atoms with E-state index < -0.39 is 0 Å². The first kappa shape index (κ1) is 21.9. The Morgan fingerprint density at radius 3 is 2.69 bits per heavy atom. The number of ether oxygens (including phenoxy) is 2. The molecule has 0 atom stereocenters. The quantitative estimate of drug-likeness (QED) is 0.302. The van der Waals surface area contributed by atoms with Crippen molar-refractivity contribution in [2.45, 2.75) is 12.1 Å². The van der Waals surface area contributed by atoms with Crippen molar-refractivity contribution in [2.24, 2.45) is 0 Å². The van der Waals surface area contributed by atoms with Crippen molar-refractivity contribution in [3.05, 3.63) is 70.3 Å². The summed E-state index contributed by atoms with van der Waals surface area (Å²) < 4.78 is 12.9. The van der Waals surface area contributed by atoms with Crippen LogP contribution in [-0.4, -0.2) is 34.9 Å². The van der Waals surface area contributed by atoms with Crippen LogP contribution in [0, 0.1) is 0 Å². The third-order valence-electron chi connectivity index (χ3n) is 4.57. The first-order valence-electron chi connectivity index (χ1n) is 9.90. The number of fused-ring (bicyclic) bond motifs is 1. The highest BCUT2D eigenvalue weighted by Gasteiger charge is 2.16. The number of thiophene rings is 1. The molecule has 2 aromatic carbocycles. The lowest BCUT2D eigenvalue weighted by molar-refractivity contribution is -0.113. The van der Waals surface area contributed by atoms with E-state index in [1.165, 1.54) is 27.7 Å². The van der Waals surface area contributed by atoms with Crippen molar-refractivity contribution in [1.82, 2.24) is 9.55 Å². The van der Waals surface area contributed by atoms with Crippen LogP contribution >= 0.6 is 23.1 Å². The molecular formula is C23H21N3O4S2. The van der Waals surface area contributed by atoms with Crippen LogP contribution in [0.1, 0.15) is 6.92 Å². The summed E-state index contributed by atoms with van der Waals surface area (Å²) in [6.07, 6.45) is 0. The molecule has 2 heterocycles. The number of carbonyl (C=O) groups excluding carboxylic acids is 1. The Bertz CT molecular complexity index is 1300. The summed E-state index contributed by atoms with van der Waals surface area (Å²) in [5.74, 6) is 1.16. The van der Waals surface area contributed by atoms with Gasteiger partial charge in [-0.05, 0) is 54.8 Å². The fourth-order valence-corrected chi connectivity index (χ4v) is 4.69. The fraction of sp³-hybridized carbons (Fsp3) is 0.174. The van der Waals surface area contributed by atoms with E-state index in [-0.39, 0.29) is 17.2 Å². The van der Waals surface area contributed by atoms with E-state index in [4.69, 9.17) is 9.47 Å². The predicted molar refractivity (Wildman–Crippen MR) is 129 cm³/mol. The van der Waals surface area contributed by atoms with Gasteiger partial charge >= 0.3 is 0 Å². The van der Waals surface area contributed by atoms with Crippen LogP contribution in [0.3, 0.4) is 0 Å². The summed E-state index contributed by atoms with van der Waals surface area (Å²) in [6.45, 7) is 2.39. The third-order valence-corrected chi connectivity index (χ3v) is 6.40. The van der Waals surface area contributed by atoms with Crippen molar-refractivity contribution in [1.29, 1.82) is 0 Å². The van der Waals surface area contributed by atoms with Gasteiger partial charge in [-0.25, -0.2) is 4.98 Å². The van der Waals surface area contributed by atoms with Gasteiger partial charge in [-0.3, -0.25) is 14.2 Å². The van der Waals surface area contributed by atoms with E-state index in [0.29, 0.717) is 44.9 Å². The van der Waals surface area contributed by atoms with Crippen LogP contribution in [0.2, 0.25) is 0 Å². The second kappa shape index (κ2) is 9.88. The van der Waals surface area contributed by atoms with Gasteiger partial charge in [0.1, 0.15) is 16.2 Å². The van der Waals surface area contributed by atoms with E-state index in [1.807, 2.05) is 30.5 Å². The highest BCUT2D eigenvalue weighted by atomic mass is 32.2. The van der Waals surface area contributed by atoms with E-state index in [9.17, 15) is 9.59 Å². The van der Waals surface area contributed by atoms with Gasteiger partial charge in [0.15, 0.2) is 5.16 Å². The van der Waals surface area contributed by atoms with Gasteiger partial charge in [-0.1, -0.05) is 23.9 Å². The first-order chi connectivity index (χ1) is 15.6. The van der Waals surface area contributed by atoms with Gasteiger partial charge in [-0.15, -0.1) is 11.3 Å². The van der Waals surface area contributed by atoms with Crippen molar-refractivity contribution in [2.75, 3.05) is 24.8 Å². The average Bonchev–Trinajstić information content (AvgIpc) is 3.28. The molecule has 4 rings (SSSR count). The Hall–Kier alpha value is -3.30. The lowest BCUT2D eigenvalue weighted by Crippen LogP contribution is -2.22. The number of anilines is 1. The number of thioether (sulfide) groups is 1. The number of nitrogens with one attached hydrogen (secondary N) is 1. The third kappa shape index (κ3) is 4.63. The summed E-state index contributed by atoms with van der Waals surface area (Å²) in [4.78, 5) is 30.5. The predicted octanol–water partition coefficient (Wildman–Crippen LogP) is 4.59. The number of para-hydroxylation sites is 2. The topological polar surface area (TPSA) is 82.5 Å². The molecular weight excluding hydrogens is 446 g/mol. The Kier molecular flexibility index (Phi) is 6.77. The van der Waals surface area contributed by atoms with E-state index in [0.717, 1.165) is 0 Å². The Morgan fingerprint density at radius 2 is 1.94 bits per heavy atom. The molecule has 0 bridgehead atoms. The van der Waals surface area contributed by atoms with Crippen LogP contribution in [0.5, 0.6) is 11.5 Å². The SMILES string of the molecule is CCOc1ccccc1NC(=O)CSc1nc2ccsc2c(=O)n1-c1ccc(OC)cc1. The Morgan fingerprint density at radius 1 is 1.16 bits per heavy atom. The molecule has 7 nitrogen and oxygen atoms in total. The molecule has 9 heteroatoms. The molecule has 0 unspecified atom stereocenters. The van der Waals surface area contributed by atoms with Gasteiger partial charge in [0.2, 0.25) is 5.91 Å². The smallest absolute Gasteiger partial charge is 0.276 e. The van der Waals surface area contributed by atoms with Crippen LogP contribution in [-0.2, 0) is 4.79 Å². The summed E-state index contributed by atoms with van der Waals surface area (Å²) in [7, 11) is 1.59. The molecule has 4 aromatic rings. The van der Waals surface area contributed by atoms with E-state index in [1.54, 1.807) is 43.5 Å². The maximum Gasteiger partial charge on any atom is 0.276 e. The summed E-state index contributed by atoms with van der Waals surface area (Å²) in [5.41, 5.74) is 1.71. The zero-order valence-electron chi connectivity index (χ0n) is 17.5. The maximum absolute atomic E-state index is 13.2. The second-order valence-corrected chi connectivity index (χ2v) is 8.49. The zero-order valence-corrected chi connectivity index (χ0v) is 19.2. The lowest BCUT2D eigenvalue weighted by atomic mass is 10.3. The molecule has 0 saturated heterocycles. The molecule has 0 aliphatic carbocycles. The van der Waals surface area contributed by atoms with Crippen molar-refractivity contribution >= 4 is 44.9 Å². The molecule has 0 fully saturated rings. The molecule has 164 valence electrons. The number of hydrogen-bond donors (Lipinski definition) is 1. The number of hydrogen-bond acceptors (Lipinski definition) is 7. The fourth-order valence-electron chi connectivity index (χ4n) is 3.12. The normalized spacial score (nSPS) is 10.8. The average molecular weight is 468 g/mol. The standard InChI is InChI=1S/C23H21N3O4S2/c1-3-30-19-7-5-4-6-17(19)24-20(27)14-32-23-25-18-12-13-31-21(18)22(28)26(23)15-8-10-16(29-2)11-9-15/h4-13H,3,14H2,1-2H3,(H,24,27). The minimum absolute atomic E-state index is 0.0820. The minimum atomic E-state index is -0.219. The van der Waals surface area contributed by atoms with Crippen LogP contribution in [0.25, 0.3) is 15.9 Å². The molecule has 0 aliphatic rings. The first-order valence-corrected chi connectivity index (χ1v) is 11.8. The molecule has 0 radical (unpaired) electrons. The van der Waals surface area contributed by atoms with Crippen molar-refractivity contribution < 1.29 is 14.3 Å². The molecule has 0 aliphatic heterocycles. The minimum Gasteiger partial charge on any atom is -0.497 e. The molecule has 1 amide bonds. The van der Waals surface area contributed by atoms with Gasteiger partial charge in [0, 0.05) is 0 Å².